The van der Waals surface area contributed by atoms with Crippen LogP contribution in [0.3, 0.4) is 0 Å². The third kappa shape index (κ3) is 2.79. The molecule has 0 fully saturated rings. The van der Waals surface area contributed by atoms with Crippen LogP contribution in [0.25, 0.3) is 0 Å². The van der Waals surface area contributed by atoms with Gasteiger partial charge in [0.05, 0.1) is 0 Å². The van der Waals surface area contributed by atoms with Crippen molar-refractivity contribution in [2.24, 2.45) is 0 Å². The van der Waals surface area contributed by atoms with Crippen LogP contribution < -0.4 is 5.32 Å². The fraction of sp³-hybridized carbons (Fsp3) is 0.154. The topological polar surface area (TPSA) is 61.6 Å². The smallest absolute Gasteiger partial charge is 0.182 e. The molecule has 0 saturated heterocycles. The highest BCUT2D eigenvalue weighted by Gasteiger charge is 2.02. The van der Waals surface area contributed by atoms with Gasteiger partial charge in [-0.25, -0.2) is 9.97 Å². The number of benzene rings is 1. The van der Waals surface area contributed by atoms with Crippen molar-refractivity contribution < 1.29 is 0 Å². The molecule has 1 N–H and O–H groups in total. The highest BCUT2D eigenvalue weighted by Crippen LogP contribution is 2.09. The minimum atomic E-state index is 0.319. The summed E-state index contributed by atoms with van der Waals surface area (Å²) in [6.07, 6.45) is 3.08. The molecule has 0 radical (unpaired) electrons. The van der Waals surface area contributed by atoms with Crippen molar-refractivity contribution in [3.63, 3.8) is 0 Å². The number of hydrogen-bond donors (Lipinski definition) is 1. The average Bonchev–Trinajstić information content (AvgIpc) is 2.38. The number of hydrogen-bond acceptors (Lipinski definition) is 4. The van der Waals surface area contributed by atoms with Crippen LogP contribution in [0.4, 0.5) is 5.82 Å². The van der Waals surface area contributed by atoms with Gasteiger partial charge in [0, 0.05) is 18.9 Å². The summed E-state index contributed by atoms with van der Waals surface area (Å²) in [6, 6.07) is 10.2. The van der Waals surface area contributed by atoms with E-state index in [2.05, 4.69) is 27.4 Å². The van der Waals surface area contributed by atoms with Crippen LogP contribution in [0, 0.1) is 18.3 Å². The first kappa shape index (κ1) is 11.1. The second-order valence-electron chi connectivity index (χ2n) is 3.70. The van der Waals surface area contributed by atoms with Crippen molar-refractivity contribution >= 4 is 5.82 Å². The van der Waals surface area contributed by atoms with Gasteiger partial charge in [0.25, 0.3) is 0 Å². The van der Waals surface area contributed by atoms with Gasteiger partial charge in [-0.05, 0) is 12.5 Å². The lowest BCUT2D eigenvalue weighted by Crippen LogP contribution is -2.04. The van der Waals surface area contributed by atoms with Crippen molar-refractivity contribution in [3.8, 4) is 6.07 Å². The summed E-state index contributed by atoms with van der Waals surface area (Å²) < 4.78 is 0. The second kappa shape index (κ2) is 5.08. The van der Waals surface area contributed by atoms with Gasteiger partial charge in [0.1, 0.15) is 6.07 Å². The molecule has 0 bridgehead atoms. The predicted molar refractivity (Wildman–Crippen MR) is 65.3 cm³/mol. The highest BCUT2D eigenvalue weighted by atomic mass is 15.0. The van der Waals surface area contributed by atoms with Crippen LogP contribution in [-0.2, 0) is 6.54 Å². The molecule has 84 valence electrons. The van der Waals surface area contributed by atoms with Gasteiger partial charge < -0.3 is 5.32 Å². The van der Waals surface area contributed by atoms with E-state index in [0.717, 1.165) is 5.56 Å². The molecular formula is C13H12N4. The summed E-state index contributed by atoms with van der Waals surface area (Å²) in [6.45, 7) is 2.68. The Morgan fingerprint density at radius 2 is 1.88 bits per heavy atom. The number of nitrogens with one attached hydrogen (secondary N) is 1. The first-order chi connectivity index (χ1) is 8.29. The zero-order valence-electron chi connectivity index (χ0n) is 9.51. The van der Waals surface area contributed by atoms with Crippen LogP contribution in [0.2, 0.25) is 0 Å². The molecular weight excluding hydrogens is 212 g/mol. The molecule has 1 aromatic carbocycles. The van der Waals surface area contributed by atoms with E-state index in [1.807, 2.05) is 25.1 Å². The van der Waals surface area contributed by atoms with Crippen LogP contribution in [0.1, 0.15) is 16.8 Å². The molecule has 0 aliphatic rings. The van der Waals surface area contributed by atoms with Gasteiger partial charge in [0.15, 0.2) is 11.5 Å². The molecule has 4 heteroatoms. The SMILES string of the molecule is Cc1ccc(CNc2nccnc2C#N)cc1. The lowest BCUT2D eigenvalue weighted by Gasteiger charge is -2.06. The van der Waals surface area contributed by atoms with E-state index in [4.69, 9.17) is 5.26 Å². The molecule has 0 aliphatic heterocycles. The number of aromatic nitrogens is 2. The zero-order valence-corrected chi connectivity index (χ0v) is 9.51. The van der Waals surface area contributed by atoms with Crippen LogP contribution in [-0.4, -0.2) is 9.97 Å². The zero-order chi connectivity index (χ0) is 12.1. The quantitative estimate of drug-likeness (QED) is 0.868. The van der Waals surface area contributed by atoms with Crippen LogP contribution >= 0.6 is 0 Å². The van der Waals surface area contributed by atoms with Crippen molar-refractivity contribution in [2.75, 3.05) is 5.32 Å². The monoisotopic (exact) mass is 224 g/mol. The Hall–Kier alpha value is -2.41. The number of nitriles is 1. The number of aryl methyl sites for hydroxylation is 1. The van der Waals surface area contributed by atoms with E-state index in [-0.39, 0.29) is 0 Å². The van der Waals surface area contributed by atoms with Gasteiger partial charge in [0.2, 0.25) is 0 Å². The Balaban J connectivity index is 2.08. The van der Waals surface area contributed by atoms with Gasteiger partial charge in [-0.3, -0.25) is 0 Å². The average molecular weight is 224 g/mol. The maximum Gasteiger partial charge on any atom is 0.182 e. The molecule has 0 unspecified atom stereocenters. The second-order valence-corrected chi connectivity index (χ2v) is 3.70. The Labute approximate surface area is 100.0 Å². The lowest BCUT2D eigenvalue weighted by atomic mass is 10.1. The Morgan fingerprint density at radius 1 is 1.18 bits per heavy atom. The number of anilines is 1. The molecule has 0 atom stereocenters. The minimum Gasteiger partial charge on any atom is -0.364 e. The fourth-order valence-corrected chi connectivity index (χ4v) is 1.44. The molecule has 2 rings (SSSR count). The van der Waals surface area contributed by atoms with E-state index in [9.17, 15) is 0 Å². The first-order valence-electron chi connectivity index (χ1n) is 5.30. The summed E-state index contributed by atoms with van der Waals surface area (Å²) in [5.41, 5.74) is 2.69. The molecule has 4 nitrogen and oxygen atoms in total. The summed E-state index contributed by atoms with van der Waals surface area (Å²) >= 11 is 0. The van der Waals surface area contributed by atoms with E-state index in [0.29, 0.717) is 18.1 Å². The van der Waals surface area contributed by atoms with Gasteiger partial charge in [-0.2, -0.15) is 5.26 Å². The summed E-state index contributed by atoms with van der Waals surface area (Å²) in [7, 11) is 0. The molecule has 1 aromatic heterocycles. The predicted octanol–water partition coefficient (Wildman–Crippen LogP) is 2.27. The van der Waals surface area contributed by atoms with Gasteiger partial charge in [-0.15, -0.1) is 0 Å². The largest absolute Gasteiger partial charge is 0.364 e. The molecule has 17 heavy (non-hydrogen) atoms. The normalized spacial score (nSPS) is 9.65. The maximum absolute atomic E-state index is 8.86. The molecule has 0 aliphatic carbocycles. The van der Waals surface area contributed by atoms with Crippen molar-refractivity contribution in [3.05, 3.63) is 53.5 Å². The van der Waals surface area contributed by atoms with E-state index in [1.54, 1.807) is 6.20 Å². The Bertz CT molecular complexity index is 540. The first-order valence-corrected chi connectivity index (χ1v) is 5.30. The Kier molecular flexibility index (Phi) is 3.31. The Morgan fingerprint density at radius 3 is 2.59 bits per heavy atom. The van der Waals surface area contributed by atoms with Crippen molar-refractivity contribution in [2.45, 2.75) is 13.5 Å². The number of rotatable bonds is 3. The molecule has 0 spiro atoms. The summed E-state index contributed by atoms with van der Waals surface area (Å²) in [4.78, 5) is 8.02. The van der Waals surface area contributed by atoms with Gasteiger partial charge in [-0.1, -0.05) is 29.8 Å². The van der Waals surface area contributed by atoms with Crippen LogP contribution in [0.5, 0.6) is 0 Å². The van der Waals surface area contributed by atoms with Crippen LogP contribution in [0.15, 0.2) is 36.7 Å². The molecule has 1 heterocycles. The summed E-state index contributed by atoms with van der Waals surface area (Å²) in [5, 5.41) is 12.0. The van der Waals surface area contributed by atoms with E-state index < -0.39 is 0 Å². The third-order valence-electron chi connectivity index (χ3n) is 2.38. The lowest BCUT2D eigenvalue weighted by molar-refractivity contribution is 1.07. The molecule has 0 saturated carbocycles. The number of nitrogens with zero attached hydrogens (tertiary/aromatic N) is 3. The van der Waals surface area contributed by atoms with E-state index >= 15 is 0 Å². The molecule has 2 aromatic rings. The van der Waals surface area contributed by atoms with Gasteiger partial charge >= 0.3 is 0 Å². The van der Waals surface area contributed by atoms with E-state index in [1.165, 1.54) is 11.8 Å². The standard InChI is InChI=1S/C13H12N4/c1-10-2-4-11(5-3-10)9-17-13-12(8-14)15-6-7-16-13/h2-7H,9H2,1H3,(H,16,17). The van der Waals surface area contributed by atoms with Crippen molar-refractivity contribution in [1.82, 2.24) is 9.97 Å². The molecule has 0 amide bonds. The summed E-state index contributed by atoms with van der Waals surface area (Å²) in [5.74, 6) is 0.524. The maximum atomic E-state index is 8.86. The fourth-order valence-electron chi connectivity index (χ4n) is 1.44. The van der Waals surface area contributed by atoms with Crippen molar-refractivity contribution in [1.29, 1.82) is 5.26 Å². The minimum absolute atomic E-state index is 0.319. The third-order valence-corrected chi connectivity index (χ3v) is 2.38. The highest BCUT2D eigenvalue weighted by molar-refractivity contribution is 5.47.